The zero-order chi connectivity index (χ0) is 16.3. The van der Waals surface area contributed by atoms with Gasteiger partial charge in [0.1, 0.15) is 0 Å². The zero-order valence-corrected chi connectivity index (χ0v) is 11.7. The predicted octanol–water partition coefficient (Wildman–Crippen LogP) is 3.66. The first kappa shape index (κ1) is 17.4. The molecule has 1 aromatic carbocycles. The van der Waals surface area contributed by atoms with Gasteiger partial charge in [-0.2, -0.15) is 13.2 Å². The van der Waals surface area contributed by atoms with Gasteiger partial charge >= 0.3 is 6.18 Å². The molecule has 7 heteroatoms. The van der Waals surface area contributed by atoms with Gasteiger partial charge in [-0.25, -0.2) is 4.39 Å². The first-order valence-corrected chi connectivity index (χ1v) is 6.33. The number of nitrogens with one attached hydrogen (secondary N) is 1. The van der Waals surface area contributed by atoms with Crippen LogP contribution in [0.15, 0.2) is 18.2 Å². The molecular weight excluding hydrogens is 290 g/mol. The lowest BCUT2D eigenvalue weighted by Crippen LogP contribution is -2.47. The highest BCUT2D eigenvalue weighted by molar-refractivity contribution is 5.66. The number of hydrogen-bond donors (Lipinski definition) is 2. The van der Waals surface area contributed by atoms with Crippen molar-refractivity contribution in [2.45, 2.75) is 37.5 Å². The van der Waals surface area contributed by atoms with Crippen LogP contribution in [0.4, 0.5) is 17.6 Å². The average molecular weight is 307 g/mol. The van der Waals surface area contributed by atoms with Gasteiger partial charge in [-0.05, 0) is 24.8 Å². The highest BCUT2D eigenvalue weighted by atomic mass is 19.4. The normalized spacial score (nSPS) is 16.1. The Morgan fingerprint density at radius 2 is 2.00 bits per heavy atom. The monoisotopic (exact) mass is 307 g/mol. The van der Waals surface area contributed by atoms with Crippen LogP contribution in [0.5, 0.6) is 5.75 Å². The molecule has 0 spiro atoms. The van der Waals surface area contributed by atoms with Crippen molar-refractivity contribution in [3.8, 4) is 5.75 Å². The molecule has 0 aliphatic rings. The SMILES string of the molecule is CC[C@@H](C[C@@](O)(C=N)C(F)(F)F)c1cccc(F)c1OC. The highest BCUT2D eigenvalue weighted by Gasteiger charge is 2.53. The minimum atomic E-state index is -4.97. The fourth-order valence-electron chi connectivity index (χ4n) is 2.17. The molecule has 0 amide bonds. The number of hydrogen-bond acceptors (Lipinski definition) is 3. The summed E-state index contributed by atoms with van der Waals surface area (Å²) in [6.45, 7) is 1.62. The third-order valence-electron chi connectivity index (χ3n) is 3.42. The van der Waals surface area contributed by atoms with Gasteiger partial charge in [0.2, 0.25) is 0 Å². The number of methoxy groups -OCH3 is 1. The molecule has 1 rings (SSSR count). The molecule has 0 bridgehead atoms. The summed E-state index contributed by atoms with van der Waals surface area (Å²) in [5, 5.41) is 16.5. The Labute approximate surface area is 120 Å². The summed E-state index contributed by atoms with van der Waals surface area (Å²) in [6, 6.07) is 3.96. The number of halogens is 4. The van der Waals surface area contributed by atoms with E-state index in [0.717, 1.165) is 6.07 Å². The molecule has 21 heavy (non-hydrogen) atoms. The van der Waals surface area contributed by atoms with Crippen LogP contribution in [-0.2, 0) is 0 Å². The predicted molar refractivity (Wildman–Crippen MR) is 70.4 cm³/mol. The number of alkyl halides is 3. The fraction of sp³-hybridized carbons (Fsp3) is 0.500. The molecule has 1 aromatic rings. The van der Waals surface area contributed by atoms with Crippen LogP contribution in [0.25, 0.3) is 0 Å². The maximum atomic E-state index is 13.6. The van der Waals surface area contributed by atoms with Gasteiger partial charge in [0.15, 0.2) is 17.2 Å². The van der Waals surface area contributed by atoms with E-state index in [2.05, 4.69) is 0 Å². The summed E-state index contributed by atoms with van der Waals surface area (Å²) in [6.07, 6.45) is -5.54. The van der Waals surface area contributed by atoms with E-state index in [-0.39, 0.29) is 23.9 Å². The molecule has 0 aliphatic carbocycles. The summed E-state index contributed by atoms with van der Waals surface area (Å²) in [7, 11) is 1.22. The van der Waals surface area contributed by atoms with E-state index in [1.807, 2.05) is 0 Å². The van der Waals surface area contributed by atoms with Crippen molar-refractivity contribution in [3.05, 3.63) is 29.6 Å². The third-order valence-corrected chi connectivity index (χ3v) is 3.42. The molecule has 2 atom stereocenters. The van der Waals surface area contributed by atoms with Gasteiger partial charge in [-0.1, -0.05) is 19.1 Å². The molecular formula is C14H17F4NO2. The summed E-state index contributed by atoms with van der Waals surface area (Å²) >= 11 is 0. The zero-order valence-electron chi connectivity index (χ0n) is 11.7. The Balaban J connectivity index is 3.21. The average Bonchev–Trinajstić information content (AvgIpc) is 2.43. The van der Waals surface area contributed by atoms with Crippen molar-refractivity contribution in [2.75, 3.05) is 7.11 Å². The molecule has 0 fully saturated rings. The van der Waals surface area contributed by atoms with E-state index in [1.54, 1.807) is 6.92 Å². The lowest BCUT2D eigenvalue weighted by molar-refractivity contribution is -0.232. The standard InChI is InChI=1S/C14H17F4NO2/c1-3-9(7-13(20,8-19)14(16,17)18)10-5-4-6-11(15)12(10)21-2/h4-6,8-9,19-20H,3,7H2,1-2H3/t9-,13+/m0/s1. The van der Waals surface area contributed by atoms with Crippen LogP contribution in [0.2, 0.25) is 0 Å². The Morgan fingerprint density at radius 3 is 2.43 bits per heavy atom. The van der Waals surface area contributed by atoms with E-state index in [4.69, 9.17) is 10.1 Å². The quantitative estimate of drug-likeness (QED) is 0.622. The minimum absolute atomic E-state index is 0.0264. The van der Waals surface area contributed by atoms with Crippen LogP contribution in [0.3, 0.4) is 0 Å². The molecule has 0 aliphatic heterocycles. The van der Waals surface area contributed by atoms with Gasteiger partial charge in [0, 0.05) is 11.8 Å². The molecule has 0 saturated heterocycles. The van der Waals surface area contributed by atoms with Crippen molar-refractivity contribution in [1.29, 1.82) is 5.41 Å². The molecule has 0 aromatic heterocycles. The summed E-state index contributed by atoms with van der Waals surface area (Å²) in [5.41, 5.74) is -3.00. The summed E-state index contributed by atoms with van der Waals surface area (Å²) in [5.74, 6) is -1.62. The van der Waals surface area contributed by atoms with Gasteiger partial charge in [0.05, 0.1) is 7.11 Å². The van der Waals surface area contributed by atoms with E-state index >= 15 is 0 Å². The van der Waals surface area contributed by atoms with E-state index < -0.39 is 29.9 Å². The highest BCUT2D eigenvalue weighted by Crippen LogP contribution is 2.41. The van der Waals surface area contributed by atoms with Gasteiger partial charge < -0.3 is 15.3 Å². The Kier molecular flexibility index (Phi) is 5.33. The third kappa shape index (κ3) is 3.53. The second kappa shape index (κ2) is 6.43. The lowest BCUT2D eigenvalue weighted by Gasteiger charge is -2.30. The van der Waals surface area contributed by atoms with Crippen LogP contribution < -0.4 is 4.74 Å². The topological polar surface area (TPSA) is 53.3 Å². The molecule has 3 nitrogen and oxygen atoms in total. The Bertz CT molecular complexity index is 504. The Morgan fingerprint density at radius 1 is 1.38 bits per heavy atom. The second-order valence-electron chi connectivity index (χ2n) is 4.74. The molecule has 2 N–H and O–H groups in total. The van der Waals surface area contributed by atoms with E-state index in [0.29, 0.717) is 0 Å². The van der Waals surface area contributed by atoms with E-state index in [9.17, 15) is 22.7 Å². The first-order chi connectivity index (χ1) is 9.70. The smallest absolute Gasteiger partial charge is 0.422 e. The van der Waals surface area contributed by atoms with Gasteiger partial charge in [-0.3, -0.25) is 0 Å². The van der Waals surface area contributed by atoms with Crippen molar-refractivity contribution in [3.63, 3.8) is 0 Å². The maximum absolute atomic E-state index is 13.6. The number of para-hydroxylation sites is 1. The van der Waals surface area contributed by atoms with Crippen LogP contribution in [0, 0.1) is 11.2 Å². The summed E-state index contributed by atoms with van der Waals surface area (Å²) < 4.78 is 57.2. The van der Waals surface area contributed by atoms with Crippen LogP contribution in [0.1, 0.15) is 31.2 Å². The van der Waals surface area contributed by atoms with Gasteiger partial charge in [-0.15, -0.1) is 0 Å². The van der Waals surface area contributed by atoms with Crippen molar-refractivity contribution < 1.29 is 27.4 Å². The molecule has 0 radical (unpaired) electrons. The number of ether oxygens (including phenoxy) is 1. The number of benzene rings is 1. The lowest BCUT2D eigenvalue weighted by atomic mass is 9.84. The van der Waals surface area contributed by atoms with Crippen LogP contribution >= 0.6 is 0 Å². The first-order valence-electron chi connectivity index (χ1n) is 6.33. The van der Waals surface area contributed by atoms with Gasteiger partial charge in [0.25, 0.3) is 0 Å². The Hall–Kier alpha value is -1.63. The largest absolute Gasteiger partial charge is 0.493 e. The number of aliphatic hydroxyl groups is 1. The summed E-state index contributed by atoms with van der Waals surface area (Å²) in [4.78, 5) is 0. The van der Waals surface area contributed by atoms with Crippen molar-refractivity contribution >= 4 is 6.21 Å². The fourth-order valence-corrected chi connectivity index (χ4v) is 2.17. The van der Waals surface area contributed by atoms with Crippen molar-refractivity contribution in [1.82, 2.24) is 0 Å². The maximum Gasteiger partial charge on any atom is 0.422 e. The van der Waals surface area contributed by atoms with E-state index in [1.165, 1.54) is 19.2 Å². The molecule has 0 saturated carbocycles. The molecule has 0 heterocycles. The van der Waals surface area contributed by atoms with Crippen LogP contribution in [-0.4, -0.2) is 30.2 Å². The second-order valence-corrected chi connectivity index (χ2v) is 4.74. The molecule has 0 unspecified atom stereocenters. The number of rotatable bonds is 6. The molecule has 118 valence electrons. The minimum Gasteiger partial charge on any atom is -0.493 e. The van der Waals surface area contributed by atoms with Crippen molar-refractivity contribution in [2.24, 2.45) is 0 Å².